The lowest BCUT2D eigenvalue weighted by Gasteiger charge is -2.18. The number of nitrogens with one attached hydrogen (secondary N) is 1. The number of ether oxygens (including phenoxy) is 2. The third kappa shape index (κ3) is 5.68. The first-order chi connectivity index (χ1) is 12.0. The summed E-state index contributed by atoms with van der Waals surface area (Å²) in [6.07, 6.45) is -0.583. The number of amides is 1. The Balaban J connectivity index is 1.80. The molecule has 134 valence electrons. The SMILES string of the molecule is CC(Oc1ccccc1C(C)C)C(=O)NCCOc1ccccc1Cl. The number of carbonyl (C=O) groups excluding carboxylic acids is 1. The molecule has 1 unspecified atom stereocenters. The molecule has 1 N–H and O–H groups in total. The van der Waals surface area contributed by atoms with E-state index in [2.05, 4.69) is 19.2 Å². The molecule has 0 spiro atoms. The Hall–Kier alpha value is -2.20. The van der Waals surface area contributed by atoms with Crippen molar-refractivity contribution in [3.63, 3.8) is 0 Å². The maximum atomic E-state index is 12.2. The van der Waals surface area contributed by atoms with Crippen LogP contribution in [-0.2, 0) is 4.79 Å². The van der Waals surface area contributed by atoms with Crippen LogP contribution in [-0.4, -0.2) is 25.2 Å². The molecular formula is C20H24ClNO3. The Morgan fingerprint density at radius 1 is 1.04 bits per heavy atom. The molecule has 5 heteroatoms. The highest BCUT2D eigenvalue weighted by Gasteiger charge is 2.16. The Kier molecular flexibility index (Phi) is 7.14. The average molecular weight is 362 g/mol. The van der Waals surface area contributed by atoms with E-state index in [1.165, 1.54) is 0 Å². The summed E-state index contributed by atoms with van der Waals surface area (Å²) in [5.74, 6) is 1.50. The Morgan fingerprint density at radius 3 is 2.36 bits per heavy atom. The summed E-state index contributed by atoms with van der Waals surface area (Å²) in [6, 6.07) is 15.0. The molecule has 2 aromatic carbocycles. The van der Waals surface area contributed by atoms with E-state index in [4.69, 9.17) is 21.1 Å². The van der Waals surface area contributed by atoms with Gasteiger partial charge in [0.25, 0.3) is 5.91 Å². The van der Waals surface area contributed by atoms with E-state index >= 15 is 0 Å². The lowest BCUT2D eigenvalue weighted by atomic mass is 10.0. The summed E-state index contributed by atoms with van der Waals surface area (Å²) < 4.78 is 11.4. The highest BCUT2D eigenvalue weighted by atomic mass is 35.5. The fourth-order valence-electron chi connectivity index (χ4n) is 2.35. The Bertz CT molecular complexity index is 703. The molecule has 0 saturated heterocycles. The Morgan fingerprint density at radius 2 is 1.68 bits per heavy atom. The van der Waals surface area contributed by atoms with Gasteiger partial charge in [0.2, 0.25) is 0 Å². The van der Waals surface area contributed by atoms with Crippen LogP contribution in [0.25, 0.3) is 0 Å². The van der Waals surface area contributed by atoms with E-state index in [1.807, 2.05) is 36.4 Å². The van der Waals surface area contributed by atoms with E-state index in [0.29, 0.717) is 29.8 Å². The molecule has 0 saturated carbocycles. The first-order valence-electron chi connectivity index (χ1n) is 8.39. The predicted octanol–water partition coefficient (Wildman–Crippen LogP) is 4.43. The molecular weight excluding hydrogens is 338 g/mol. The molecule has 25 heavy (non-hydrogen) atoms. The highest BCUT2D eigenvalue weighted by Crippen LogP contribution is 2.26. The summed E-state index contributed by atoms with van der Waals surface area (Å²) in [5.41, 5.74) is 1.09. The van der Waals surface area contributed by atoms with Gasteiger partial charge in [0.15, 0.2) is 6.10 Å². The van der Waals surface area contributed by atoms with Crippen molar-refractivity contribution in [2.45, 2.75) is 32.8 Å². The monoisotopic (exact) mass is 361 g/mol. The van der Waals surface area contributed by atoms with Crippen LogP contribution < -0.4 is 14.8 Å². The quantitative estimate of drug-likeness (QED) is 0.708. The Labute approximate surface area is 154 Å². The highest BCUT2D eigenvalue weighted by molar-refractivity contribution is 6.32. The van der Waals surface area contributed by atoms with E-state index in [-0.39, 0.29) is 5.91 Å². The van der Waals surface area contributed by atoms with Crippen LogP contribution in [0.2, 0.25) is 5.02 Å². The minimum absolute atomic E-state index is 0.179. The van der Waals surface area contributed by atoms with E-state index in [9.17, 15) is 4.79 Å². The van der Waals surface area contributed by atoms with Gasteiger partial charge in [-0.3, -0.25) is 4.79 Å². The van der Waals surface area contributed by atoms with Crippen molar-refractivity contribution in [2.24, 2.45) is 0 Å². The number of carbonyl (C=O) groups is 1. The zero-order valence-corrected chi connectivity index (χ0v) is 15.5. The van der Waals surface area contributed by atoms with Gasteiger partial charge in [-0.25, -0.2) is 0 Å². The van der Waals surface area contributed by atoms with E-state index < -0.39 is 6.10 Å². The molecule has 0 aliphatic heterocycles. The van der Waals surface area contributed by atoms with Crippen molar-refractivity contribution >= 4 is 17.5 Å². The molecule has 0 heterocycles. The molecule has 2 rings (SSSR count). The van der Waals surface area contributed by atoms with Crippen LogP contribution in [0.5, 0.6) is 11.5 Å². The number of rotatable bonds is 8. The lowest BCUT2D eigenvalue weighted by molar-refractivity contribution is -0.127. The van der Waals surface area contributed by atoms with Gasteiger partial charge in [-0.2, -0.15) is 0 Å². The van der Waals surface area contributed by atoms with Crippen molar-refractivity contribution in [2.75, 3.05) is 13.2 Å². The number of para-hydroxylation sites is 2. The number of hydrogen-bond donors (Lipinski definition) is 1. The minimum Gasteiger partial charge on any atom is -0.490 e. The normalized spacial score (nSPS) is 11.9. The standard InChI is InChI=1S/C20H24ClNO3/c1-14(2)16-8-4-6-10-18(16)25-15(3)20(23)22-12-13-24-19-11-7-5-9-17(19)21/h4-11,14-15H,12-13H2,1-3H3,(H,22,23). The summed E-state index contributed by atoms with van der Waals surface area (Å²) >= 11 is 6.01. The van der Waals surface area contributed by atoms with Gasteiger partial charge in [-0.15, -0.1) is 0 Å². The molecule has 0 bridgehead atoms. The van der Waals surface area contributed by atoms with Crippen LogP contribution in [0.3, 0.4) is 0 Å². The van der Waals surface area contributed by atoms with Crippen LogP contribution in [0.15, 0.2) is 48.5 Å². The third-order valence-corrected chi connectivity index (χ3v) is 4.02. The molecule has 0 aliphatic carbocycles. The zero-order valence-electron chi connectivity index (χ0n) is 14.8. The first kappa shape index (κ1) is 19.1. The minimum atomic E-state index is -0.583. The van der Waals surface area contributed by atoms with E-state index in [1.54, 1.807) is 19.1 Å². The van der Waals surface area contributed by atoms with Crippen molar-refractivity contribution in [3.8, 4) is 11.5 Å². The first-order valence-corrected chi connectivity index (χ1v) is 8.77. The predicted molar refractivity (Wildman–Crippen MR) is 101 cm³/mol. The number of hydrogen-bond acceptors (Lipinski definition) is 3. The largest absolute Gasteiger partial charge is 0.490 e. The van der Waals surface area contributed by atoms with Gasteiger partial charge in [0, 0.05) is 0 Å². The molecule has 4 nitrogen and oxygen atoms in total. The zero-order chi connectivity index (χ0) is 18.2. The smallest absolute Gasteiger partial charge is 0.260 e. The van der Waals surface area contributed by atoms with Gasteiger partial charge in [0.1, 0.15) is 18.1 Å². The summed E-state index contributed by atoms with van der Waals surface area (Å²) in [4.78, 5) is 12.2. The van der Waals surface area contributed by atoms with E-state index in [0.717, 1.165) is 11.3 Å². The van der Waals surface area contributed by atoms with Crippen molar-refractivity contribution in [3.05, 3.63) is 59.1 Å². The maximum absolute atomic E-state index is 12.2. The number of halogens is 1. The summed E-state index contributed by atoms with van der Waals surface area (Å²) in [7, 11) is 0. The second kappa shape index (κ2) is 9.33. The lowest BCUT2D eigenvalue weighted by Crippen LogP contribution is -2.38. The summed E-state index contributed by atoms with van der Waals surface area (Å²) in [6.45, 7) is 6.65. The molecule has 0 aliphatic rings. The molecule has 0 radical (unpaired) electrons. The topological polar surface area (TPSA) is 47.6 Å². The molecule has 0 aromatic heterocycles. The van der Waals surface area contributed by atoms with Crippen molar-refractivity contribution < 1.29 is 14.3 Å². The molecule has 0 fully saturated rings. The summed E-state index contributed by atoms with van der Waals surface area (Å²) in [5, 5.41) is 3.36. The van der Waals surface area contributed by atoms with Gasteiger partial charge < -0.3 is 14.8 Å². The molecule has 2 aromatic rings. The van der Waals surface area contributed by atoms with Gasteiger partial charge in [-0.1, -0.05) is 55.8 Å². The van der Waals surface area contributed by atoms with Crippen LogP contribution in [0.1, 0.15) is 32.3 Å². The molecule has 1 atom stereocenters. The number of benzene rings is 2. The second-order valence-corrected chi connectivity index (χ2v) is 6.43. The fraction of sp³-hybridized carbons (Fsp3) is 0.350. The average Bonchev–Trinajstić information content (AvgIpc) is 2.60. The van der Waals surface area contributed by atoms with Crippen LogP contribution >= 0.6 is 11.6 Å². The second-order valence-electron chi connectivity index (χ2n) is 6.02. The molecule has 1 amide bonds. The van der Waals surface area contributed by atoms with Crippen molar-refractivity contribution in [1.82, 2.24) is 5.32 Å². The van der Waals surface area contributed by atoms with Crippen LogP contribution in [0, 0.1) is 0 Å². The van der Waals surface area contributed by atoms with Gasteiger partial charge in [0.05, 0.1) is 11.6 Å². The van der Waals surface area contributed by atoms with Gasteiger partial charge >= 0.3 is 0 Å². The maximum Gasteiger partial charge on any atom is 0.260 e. The fourth-order valence-corrected chi connectivity index (χ4v) is 2.54. The van der Waals surface area contributed by atoms with Crippen LogP contribution in [0.4, 0.5) is 0 Å². The van der Waals surface area contributed by atoms with Crippen molar-refractivity contribution in [1.29, 1.82) is 0 Å². The third-order valence-electron chi connectivity index (χ3n) is 3.71. The van der Waals surface area contributed by atoms with Gasteiger partial charge in [-0.05, 0) is 36.6 Å².